The van der Waals surface area contributed by atoms with E-state index in [-0.39, 0.29) is 17.2 Å². The third kappa shape index (κ3) is 1.24. The monoisotopic (exact) mass is 191 g/mol. The van der Waals surface area contributed by atoms with E-state index in [4.69, 9.17) is 5.73 Å². The summed E-state index contributed by atoms with van der Waals surface area (Å²) in [6, 6.07) is 1.71. The van der Waals surface area contributed by atoms with Crippen LogP contribution in [-0.2, 0) is 0 Å². The fraction of sp³-hybridized carbons (Fsp3) is 0.143. The molecule has 0 saturated carbocycles. The van der Waals surface area contributed by atoms with Gasteiger partial charge in [-0.15, -0.1) is 8.78 Å². The molecular formula is C7H4F3NO2. The molecule has 0 amide bonds. The Balaban J connectivity index is 2.48. The molecule has 3 nitrogen and oxygen atoms in total. The summed E-state index contributed by atoms with van der Waals surface area (Å²) in [6.45, 7) is 0. The quantitative estimate of drug-likeness (QED) is 0.635. The molecule has 0 aliphatic carbocycles. The molecule has 70 valence electrons. The van der Waals surface area contributed by atoms with Crippen LogP contribution in [0.5, 0.6) is 11.5 Å². The van der Waals surface area contributed by atoms with Gasteiger partial charge in [0, 0.05) is 12.1 Å². The molecule has 1 aliphatic heterocycles. The standard InChI is InChI=1S/C7H4F3NO2/c8-3-1-5-6(2-4(3)11)13-7(9,10)12-5/h1-2H,11H2. The van der Waals surface area contributed by atoms with Gasteiger partial charge in [-0.1, -0.05) is 0 Å². The van der Waals surface area contributed by atoms with Crippen LogP contribution in [0.1, 0.15) is 0 Å². The highest BCUT2D eigenvalue weighted by molar-refractivity contribution is 5.54. The van der Waals surface area contributed by atoms with Gasteiger partial charge in [0.25, 0.3) is 0 Å². The molecule has 1 aromatic rings. The van der Waals surface area contributed by atoms with Crippen LogP contribution in [0.2, 0.25) is 0 Å². The molecule has 0 fully saturated rings. The van der Waals surface area contributed by atoms with Gasteiger partial charge in [-0.05, 0) is 0 Å². The van der Waals surface area contributed by atoms with Crippen LogP contribution in [0.3, 0.4) is 0 Å². The van der Waals surface area contributed by atoms with Crippen LogP contribution in [0.25, 0.3) is 0 Å². The summed E-state index contributed by atoms with van der Waals surface area (Å²) in [5, 5.41) is 0. The van der Waals surface area contributed by atoms with E-state index in [0.29, 0.717) is 0 Å². The SMILES string of the molecule is Nc1cc2c(cc1F)OC(F)(F)O2. The molecule has 0 atom stereocenters. The van der Waals surface area contributed by atoms with Gasteiger partial charge in [0.2, 0.25) is 0 Å². The normalized spacial score (nSPS) is 17.5. The van der Waals surface area contributed by atoms with Gasteiger partial charge < -0.3 is 15.2 Å². The van der Waals surface area contributed by atoms with Crippen molar-refractivity contribution in [2.75, 3.05) is 5.73 Å². The van der Waals surface area contributed by atoms with Crippen molar-refractivity contribution in [3.8, 4) is 11.5 Å². The fourth-order valence-electron chi connectivity index (χ4n) is 0.987. The summed E-state index contributed by atoms with van der Waals surface area (Å²) < 4.78 is 45.5. The van der Waals surface area contributed by atoms with E-state index >= 15 is 0 Å². The zero-order valence-corrected chi connectivity index (χ0v) is 6.18. The van der Waals surface area contributed by atoms with Gasteiger partial charge in [0.15, 0.2) is 11.5 Å². The molecule has 0 radical (unpaired) electrons. The second kappa shape index (κ2) is 2.21. The van der Waals surface area contributed by atoms with E-state index in [9.17, 15) is 13.2 Å². The number of nitrogen functional groups attached to an aromatic ring is 1. The number of halogens is 3. The zero-order valence-electron chi connectivity index (χ0n) is 6.18. The lowest BCUT2D eigenvalue weighted by Crippen LogP contribution is -2.25. The average molecular weight is 191 g/mol. The number of hydrogen-bond acceptors (Lipinski definition) is 3. The van der Waals surface area contributed by atoms with Crippen molar-refractivity contribution < 1.29 is 22.6 Å². The van der Waals surface area contributed by atoms with Gasteiger partial charge >= 0.3 is 6.29 Å². The number of benzene rings is 1. The largest absolute Gasteiger partial charge is 0.586 e. The summed E-state index contributed by atoms with van der Waals surface area (Å²) in [5.41, 5.74) is 4.86. The fourth-order valence-corrected chi connectivity index (χ4v) is 0.987. The van der Waals surface area contributed by atoms with E-state index in [1.807, 2.05) is 0 Å². The third-order valence-electron chi connectivity index (χ3n) is 1.52. The molecule has 0 saturated heterocycles. The van der Waals surface area contributed by atoms with Crippen molar-refractivity contribution >= 4 is 5.69 Å². The molecule has 1 aromatic carbocycles. The Morgan fingerprint density at radius 2 is 1.69 bits per heavy atom. The van der Waals surface area contributed by atoms with Crippen molar-refractivity contribution in [2.24, 2.45) is 0 Å². The van der Waals surface area contributed by atoms with Gasteiger partial charge in [-0.2, -0.15) is 0 Å². The lowest BCUT2D eigenvalue weighted by molar-refractivity contribution is -0.286. The lowest BCUT2D eigenvalue weighted by Gasteiger charge is -2.04. The first-order valence-electron chi connectivity index (χ1n) is 3.33. The molecule has 1 heterocycles. The molecule has 0 spiro atoms. The van der Waals surface area contributed by atoms with Crippen LogP contribution in [-0.4, -0.2) is 6.29 Å². The Morgan fingerprint density at radius 1 is 1.15 bits per heavy atom. The maximum atomic E-state index is 12.7. The molecular weight excluding hydrogens is 187 g/mol. The maximum absolute atomic E-state index is 12.7. The van der Waals surface area contributed by atoms with E-state index in [1.54, 1.807) is 0 Å². The number of rotatable bonds is 0. The maximum Gasteiger partial charge on any atom is 0.586 e. The van der Waals surface area contributed by atoms with Crippen molar-refractivity contribution in [2.45, 2.75) is 6.29 Å². The van der Waals surface area contributed by atoms with Crippen molar-refractivity contribution in [1.29, 1.82) is 0 Å². The van der Waals surface area contributed by atoms with E-state index < -0.39 is 12.1 Å². The Kier molecular flexibility index (Phi) is 1.37. The third-order valence-corrected chi connectivity index (χ3v) is 1.52. The second-order valence-electron chi connectivity index (χ2n) is 2.49. The highest BCUT2D eigenvalue weighted by Gasteiger charge is 2.43. The van der Waals surface area contributed by atoms with Crippen LogP contribution < -0.4 is 15.2 Å². The molecule has 1 aliphatic rings. The van der Waals surface area contributed by atoms with Crippen LogP contribution in [0.15, 0.2) is 12.1 Å². The van der Waals surface area contributed by atoms with Crippen molar-refractivity contribution in [1.82, 2.24) is 0 Å². The minimum absolute atomic E-state index is 0.260. The number of alkyl halides is 2. The summed E-state index contributed by atoms with van der Waals surface area (Å²) in [5.74, 6) is -1.43. The first-order valence-corrected chi connectivity index (χ1v) is 3.33. The van der Waals surface area contributed by atoms with Crippen LogP contribution in [0, 0.1) is 5.82 Å². The van der Waals surface area contributed by atoms with Gasteiger partial charge in [-0.3, -0.25) is 0 Å². The Labute approximate surface area is 70.9 Å². The van der Waals surface area contributed by atoms with Gasteiger partial charge in [0.1, 0.15) is 5.82 Å². The molecule has 13 heavy (non-hydrogen) atoms. The molecule has 2 N–H and O–H groups in total. The Morgan fingerprint density at radius 3 is 2.31 bits per heavy atom. The molecule has 2 rings (SSSR count). The highest BCUT2D eigenvalue weighted by atomic mass is 19.3. The molecule has 6 heteroatoms. The zero-order chi connectivity index (χ0) is 9.64. The van der Waals surface area contributed by atoms with Crippen molar-refractivity contribution in [3.05, 3.63) is 17.9 Å². The Bertz CT molecular complexity index is 334. The molecule has 0 bridgehead atoms. The molecule has 0 aromatic heterocycles. The van der Waals surface area contributed by atoms with Crippen LogP contribution >= 0.6 is 0 Å². The number of anilines is 1. The minimum atomic E-state index is -3.73. The first kappa shape index (κ1) is 8.03. The number of fused-ring (bicyclic) bond motifs is 1. The lowest BCUT2D eigenvalue weighted by atomic mass is 10.3. The predicted octanol–water partition coefficient (Wildman–Crippen LogP) is 1.73. The Hall–Kier alpha value is -1.59. The summed E-state index contributed by atoms with van der Waals surface area (Å²) in [7, 11) is 0. The number of ether oxygens (including phenoxy) is 2. The average Bonchev–Trinajstić information content (AvgIpc) is 2.24. The summed E-state index contributed by atoms with van der Waals surface area (Å²) in [6.07, 6.45) is -3.73. The van der Waals surface area contributed by atoms with Gasteiger partial charge in [-0.25, -0.2) is 4.39 Å². The predicted molar refractivity (Wildman–Crippen MR) is 37.0 cm³/mol. The van der Waals surface area contributed by atoms with E-state index in [2.05, 4.69) is 9.47 Å². The van der Waals surface area contributed by atoms with Crippen molar-refractivity contribution in [3.63, 3.8) is 0 Å². The van der Waals surface area contributed by atoms with E-state index in [0.717, 1.165) is 12.1 Å². The number of nitrogens with two attached hydrogens (primary N) is 1. The van der Waals surface area contributed by atoms with Gasteiger partial charge in [0.05, 0.1) is 5.69 Å². The minimum Gasteiger partial charge on any atom is -0.396 e. The summed E-state index contributed by atoms with van der Waals surface area (Å²) in [4.78, 5) is 0. The topological polar surface area (TPSA) is 44.5 Å². The molecule has 0 unspecified atom stereocenters. The smallest absolute Gasteiger partial charge is 0.396 e. The van der Waals surface area contributed by atoms with E-state index in [1.165, 1.54) is 0 Å². The first-order chi connectivity index (χ1) is 5.98. The summed E-state index contributed by atoms with van der Waals surface area (Å²) >= 11 is 0. The van der Waals surface area contributed by atoms with Crippen LogP contribution in [0.4, 0.5) is 18.9 Å². The number of hydrogen-bond donors (Lipinski definition) is 1. The second-order valence-corrected chi connectivity index (χ2v) is 2.49. The highest BCUT2D eigenvalue weighted by Crippen LogP contribution is 2.42.